The summed E-state index contributed by atoms with van der Waals surface area (Å²) in [5, 5.41) is 0. The van der Waals surface area contributed by atoms with Crippen molar-refractivity contribution in [3.63, 3.8) is 0 Å². The number of aromatic nitrogens is 1. The van der Waals surface area contributed by atoms with E-state index in [9.17, 15) is 4.79 Å². The van der Waals surface area contributed by atoms with Crippen molar-refractivity contribution < 1.29 is 4.79 Å². The largest absolute Gasteiger partial charge is 0.334 e. The predicted octanol–water partition coefficient (Wildman–Crippen LogP) is 2.05. The normalized spacial score (nSPS) is 12.8. The molecule has 1 heterocycles. The third kappa shape index (κ3) is 4.31. The fourth-order valence-electron chi connectivity index (χ4n) is 2.05. The first-order valence-corrected chi connectivity index (χ1v) is 6.87. The first kappa shape index (κ1) is 15.6. The molecular weight excluding hydrogens is 238 g/mol. The molecule has 1 unspecified atom stereocenters. The average molecular weight is 263 g/mol. The van der Waals surface area contributed by atoms with Crippen LogP contribution in [0.1, 0.15) is 33.4 Å². The van der Waals surface area contributed by atoms with Crippen molar-refractivity contribution in [2.75, 3.05) is 6.54 Å². The van der Waals surface area contributed by atoms with Crippen LogP contribution in [0.2, 0.25) is 0 Å². The molecule has 2 N–H and O–H groups in total. The Labute approximate surface area is 116 Å². The van der Waals surface area contributed by atoms with E-state index in [4.69, 9.17) is 5.73 Å². The lowest BCUT2D eigenvalue weighted by atomic mass is 9.94. The highest BCUT2D eigenvalue weighted by Gasteiger charge is 2.27. The molecule has 1 amide bonds. The standard InChI is InChI=1S/C15H25N3O/c1-11(2)14(9-16)15(19)18(12(3)4)10-13-7-5-6-8-17-13/h5-8,11-12,14H,9-10,16H2,1-4H3. The van der Waals surface area contributed by atoms with Gasteiger partial charge in [-0.2, -0.15) is 0 Å². The van der Waals surface area contributed by atoms with Crippen LogP contribution in [0, 0.1) is 11.8 Å². The number of nitrogens with zero attached hydrogens (tertiary/aromatic N) is 2. The van der Waals surface area contributed by atoms with Crippen molar-refractivity contribution in [2.45, 2.75) is 40.3 Å². The van der Waals surface area contributed by atoms with Gasteiger partial charge in [-0.3, -0.25) is 9.78 Å². The minimum absolute atomic E-state index is 0.119. The topological polar surface area (TPSA) is 59.2 Å². The van der Waals surface area contributed by atoms with E-state index < -0.39 is 0 Å². The molecule has 1 aromatic heterocycles. The molecule has 106 valence electrons. The number of hydrogen-bond donors (Lipinski definition) is 1. The molecule has 0 aromatic carbocycles. The quantitative estimate of drug-likeness (QED) is 0.854. The molecule has 0 saturated heterocycles. The maximum Gasteiger partial charge on any atom is 0.227 e. The molecule has 1 aromatic rings. The summed E-state index contributed by atoms with van der Waals surface area (Å²) >= 11 is 0. The van der Waals surface area contributed by atoms with Gasteiger partial charge >= 0.3 is 0 Å². The van der Waals surface area contributed by atoms with Crippen LogP contribution >= 0.6 is 0 Å². The highest BCUT2D eigenvalue weighted by atomic mass is 16.2. The second kappa shape index (κ2) is 7.24. The number of nitrogens with two attached hydrogens (primary N) is 1. The summed E-state index contributed by atoms with van der Waals surface area (Å²) < 4.78 is 0. The lowest BCUT2D eigenvalue weighted by molar-refractivity contribution is -0.139. The molecular formula is C15H25N3O. The summed E-state index contributed by atoms with van der Waals surface area (Å²) in [5.74, 6) is 0.256. The van der Waals surface area contributed by atoms with Gasteiger partial charge in [0.25, 0.3) is 0 Å². The van der Waals surface area contributed by atoms with Crippen LogP contribution in [0.4, 0.5) is 0 Å². The molecule has 0 bridgehead atoms. The highest BCUT2D eigenvalue weighted by molar-refractivity contribution is 5.79. The van der Waals surface area contributed by atoms with E-state index in [0.29, 0.717) is 13.1 Å². The number of hydrogen-bond acceptors (Lipinski definition) is 3. The third-order valence-corrected chi connectivity index (χ3v) is 3.34. The van der Waals surface area contributed by atoms with Gasteiger partial charge in [-0.25, -0.2) is 0 Å². The van der Waals surface area contributed by atoms with Crippen LogP contribution in [0.25, 0.3) is 0 Å². The van der Waals surface area contributed by atoms with E-state index in [-0.39, 0.29) is 23.8 Å². The number of carbonyl (C=O) groups excluding carboxylic acids is 1. The van der Waals surface area contributed by atoms with Crippen LogP contribution in [0.15, 0.2) is 24.4 Å². The van der Waals surface area contributed by atoms with Crippen LogP contribution in [0.5, 0.6) is 0 Å². The van der Waals surface area contributed by atoms with Crippen LogP contribution in [-0.2, 0) is 11.3 Å². The molecule has 1 atom stereocenters. The zero-order valence-electron chi connectivity index (χ0n) is 12.3. The van der Waals surface area contributed by atoms with Crippen molar-refractivity contribution in [1.29, 1.82) is 0 Å². The van der Waals surface area contributed by atoms with Gasteiger partial charge in [0.1, 0.15) is 0 Å². The van der Waals surface area contributed by atoms with Gasteiger partial charge in [0, 0.05) is 18.8 Å². The van der Waals surface area contributed by atoms with Crippen molar-refractivity contribution in [3.05, 3.63) is 30.1 Å². The van der Waals surface area contributed by atoms with E-state index in [1.54, 1.807) is 6.20 Å². The Morgan fingerprint density at radius 1 is 1.32 bits per heavy atom. The summed E-state index contributed by atoms with van der Waals surface area (Å²) in [4.78, 5) is 18.7. The SMILES string of the molecule is CC(C)C(CN)C(=O)N(Cc1ccccn1)C(C)C. The van der Waals surface area contributed by atoms with Crippen LogP contribution in [-0.4, -0.2) is 28.4 Å². The molecule has 0 aliphatic carbocycles. The van der Waals surface area contributed by atoms with Gasteiger partial charge in [0.2, 0.25) is 5.91 Å². The van der Waals surface area contributed by atoms with E-state index in [1.807, 2.05) is 50.8 Å². The molecule has 0 saturated carbocycles. The zero-order chi connectivity index (χ0) is 14.4. The minimum atomic E-state index is -0.119. The summed E-state index contributed by atoms with van der Waals surface area (Å²) in [5.41, 5.74) is 6.65. The number of pyridine rings is 1. The Morgan fingerprint density at radius 3 is 2.42 bits per heavy atom. The second-order valence-corrected chi connectivity index (χ2v) is 5.47. The van der Waals surface area contributed by atoms with Crippen LogP contribution < -0.4 is 5.73 Å². The van der Waals surface area contributed by atoms with Gasteiger partial charge in [-0.05, 0) is 31.9 Å². The third-order valence-electron chi connectivity index (χ3n) is 3.34. The van der Waals surface area contributed by atoms with Gasteiger partial charge in [-0.15, -0.1) is 0 Å². The number of amides is 1. The maximum atomic E-state index is 12.6. The molecule has 0 spiro atoms. The Kier molecular flexibility index (Phi) is 5.96. The smallest absolute Gasteiger partial charge is 0.227 e. The maximum absolute atomic E-state index is 12.6. The van der Waals surface area contributed by atoms with Crippen molar-refractivity contribution in [3.8, 4) is 0 Å². The van der Waals surface area contributed by atoms with Crippen molar-refractivity contribution >= 4 is 5.91 Å². The molecule has 4 nitrogen and oxygen atoms in total. The summed E-state index contributed by atoms with van der Waals surface area (Å²) in [6, 6.07) is 5.90. The Hall–Kier alpha value is -1.42. The van der Waals surface area contributed by atoms with Crippen LogP contribution in [0.3, 0.4) is 0 Å². The molecule has 19 heavy (non-hydrogen) atoms. The van der Waals surface area contributed by atoms with E-state index in [1.165, 1.54) is 0 Å². The number of carbonyl (C=O) groups is 1. The van der Waals surface area contributed by atoms with E-state index in [0.717, 1.165) is 5.69 Å². The number of rotatable bonds is 6. The van der Waals surface area contributed by atoms with E-state index in [2.05, 4.69) is 4.98 Å². The van der Waals surface area contributed by atoms with Gasteiger partial charge < -0.3 is 10.6 Å². The van der Waals surface area contributed by atoms with Crippen molar-refractivity contribution in [1.82, 2.24) is 9.88 Å². The average Bonchev–Trinajstić information content (AvgIpc) is 2.37. The molecule has 0 radical (unpaired) electrons. The first-order valence-electron chi connectivity index (χ1n) is 6.87. The summed E-state index contributed by atoms with van der Waals surface area (Å²) in [7, 11) is 0. The molecule has 4 heteroatoms. The van der Waals surface area contributed by atoms with E-state index >= 15 is 0 Å². The Balaban J connectivity index is 2.86. The summed E-state index contributed by atoms with van der Waals surface area (Å²) in [6.07, 6.45) is 1.75. The fourth-order valence-corrected chi connectivity index (χ4v) is 2.05. The summed E-state index contributed by atoms with van der Waals surface area (Å²) in [6.45, 7) is 9.05. The molecule has 0 fully saturated rings. The Morgan fingerprint density at radius 2 is 2.00 bits per heavy atom. The lowest BCUT2D eigenvalue weighted by Crippen LogP contribution is -2.44. The Bertz CT molecular complexity index is 390. The first-order chi connectivity index (χ1) is 8.97. The molecule has 0 aliphatic rings. The molecule has 1 rings (SSSR count). The van der Waals surface area contributed by atoms with Gasteiger partial charge in [0.05, 0.1) is 18.2 Å². The monoisotopic (exact) mass is 263 g/mol. The predicted molar refractivity (Wildman–Crippen MR) is 77.3 cm³/mol. The molecule has 0 aliphatic heterocycles. The van der Waals surface area contributed by atoms with Gasteiger partial charge in [0.15, 0.2) is 0 Å². The minimum Gasteiger partial charge on any atom is -0.334 e. The fraction of sp³-hybridized carbons (Fsp3) is 0.600. The lowest BCUT2D eigenvalue weighted by Gasteiger charge is -2.31. The zero-order valence-corrected chi connectivity index (χ0v) is 12.3. The highest BCUT2D eigenvalue weighted by Crippen LogP contribution is 2.17. The van der Waals surface area contributed by atoms with Gasteiger partial charge in [-0.1, -0.05) is 19.9 Å². The second-order valence-electron chi connectivity index (χ2n) is 5.47. The van der Waals surface area contributed by atoms with Crippen molar-refractivity contribution in [2.24, 2.45) is 17.6 Å².